The summed E-state index contributed by atoms with van der Waals surface area (Å²) in [5, 5.41) is 9.79. The molecule has 0 saturated heterocycles. The van der Waals surface area contributed by atoms with Crippen LogP contribution in [0.25, 0.3) is 11.4 Å². The third-order valence-corrected chi connectivity index (χ3v) is 5.05. The topological polar surface area (TPSA) is 85.8 Å². The minimum absolute atomic E-state index is 0.270. The van der Waals surface area contributed by atoms with Crippen molar-refractivity contribution in [2.45, 2.75) is 24.3 Å². The van der Waals surface area contributed by atoms with E-state index in [1.54, 1.807) is 6.92 Å². The average Bonchev–Trinajstić information content (AvgIpc) is 3.02. The van der Waals surface area contributed by atoms with Gasteiger partial charge < -0.3 is 11.2 Å². The summed E-state index contributed by atoms with van der Waals surface area (Å²) in [6.45, 7) is 3.45. The van der Waals surface area contributed by atoms with Crippen molar-refractivity contribution in [1.29, 1.82) is 0 Å². The lowest BCUT2D eigenvalue weighted by atomic mass is 10.1. The largest absolute Gasteiger partial charge is 0.335 e. The normalized spacial score (nSPS) is 12.0. The number of halogens is 3. The maximum absolute atomic E-state index is 13.7. The predicted octanol–water partition coefficient (Wildman–Crippen LogP) is 3.50. The molecule has 0 spiro atoms. The predicted molar refractivity (Wildman–Crippen MR) is 101 cm³/mol. The summed E-state index contributed by atoms with van der Waals surface area (Å²) in [4.78, 5) is 12.3. The highest BCUT2D eigenvalue weighted by Crippen LogP contribution is 2.27. The Kier molecular flexibility index (Phi) is 5.59. The van der Waals surface area contributed by atoms with Crippen molar-refractivity contribution in [3.05, 3.63) is 59.4 Å². The SMILES string of the molecule is Cc1ccccc1-c1nnc(S[C@H](C)C(=O)Nc2ccc(F)c(F)c2F)n1N. The molecule has 146 valence electrons. The molecule has 0 saturated carbocycles. The summed E-state index contributed by atoms with van der Waals surface area (Å²) in [6.07, 6.45) is 0. The highest BCUT2D eigenvalue weighted by atomic mass is 32.2. The third-order valence-electron chi connectivity index (χ3n) is 3.99. The molecule has 1 heterocycles. The van der Waals surface area contributed by atoms with Gasteiger partial charge in [-0.2, -0.15) is 0 Å². The first-order valence-electron chi connectivity index (χ1n) is 8.17. The molecule has 0 aliphatic heterocycles. The molecule has 3 rings (SSSR count). The second-order valence-corrected chi connectivity index (χ2v) is 7.27. The van der Waals surface area contributed by atoms with Gasteiger partial charge in [0.25, 0.3) is 0 Å². The Hall–Kier alpha value is -3.01. The van der Waals surface area contributed by atoms with E-state index in [0.29, 0.717) is 5.82 Å². The minimum Gasteiger partial charge on any atom is -0.335 e. The first kappa shape index (κ1) is 19.7. The second-order valence-electron chi connectivity index (χ2n) is 5.96. The third kappa shape index (κ3) is 3.81. The van der Waals surface area contributed by atoms with E-state index in [1.165, 1.54) is 4.68 Å². The van der Waals surface area contributed by atoms with E-state index >= 15 is 0 Å². The molecule has 3 N–H and O–H groups in total. The Balaban J connectivity index is 1.75. The van der Waals surface area contributed by atoms with Crippen molar-refractivity contribution < 1.29 is 18.0 Å². The van der Waals surface area contributed by atoms with Crippen LogP contribution in [0, 0.1) is 24.4 Å². The number of carbonyl (C=O) groups is 1. The zero-order chi connectivity index (χ0) is 20.4. The number of anilines is 1. The molecule has 1 amide bonds. The van der Waals surface area contributed by atoms with E-state index in [9.17, 15) is 18.0 Å². The van der Waals surface area contributed by atoms with Crippen LogP contribution in [-0.4, -0.2) is 26.0 Å². The second kappa shape index (κ2) is 7.93. The van der Waals surface area contributed by atoms with Crippen LogP contribution in [0.3, 0.4) is 0 Å². The monoisotopic (exact) mass is 407 g/mol. The Bertz CT molecular complexity index is 1040. The standard InChI is InChI=1S/C18H16F3N5OS/c1-9-5-3-4-6-11(9)16-24-25-18(26(16)22)28-10(2)17(27)23-13-8-7-12(19)14(20)15(13)21/h3-8,10H,22H2,1-2H3,(H,23,27)/t10-/m1/s1. The van der Waals surface area contributed by atoms with Gasteiger partial charge >= 0.3 is 0 Å². The maximum atomic E-state index is 13.7. The Labute approximate surface area is 162 Å². The van der Waals surface area contributed by atoms with Crippen LogP contribution in [-0.2, 0) is 4.79 Å². The number of nitrogens with zero attached hydrogens (tertiary/aromatic N) is 3. The molecular formula is C18H16F3N5OS. The van der Waals surface area contributed by atoms with Crippen LogP contribution in [0.4, 0.5) is 18.9 Å². The highest BCUT2D eigenvalue weighted by molar-refractivity contribution is 8.00. The number of nitrogen functional groups attached to an aromatic ring is 1. The number of hydrogen-bond donors (Lipinski definition) is 2. The van der Waals surface area contributed by atoms with Crippen molar-refractivity contribution in [2.24, 2.45) is 0 Å². The number of nitrogens with one attached hydrogen (secondary N) is 1. The molecule has 0 bridgehead atoms. The van der Waals surface area contributed by atoms with E-state index in [2.05, 4.69) is 15.5 Å². The molecule has 1 atom stereocenters. The van der Waals surface area contributed by atoms with E-state index in [-0.39, 0.29) is 5.16 Å². The molecule has 0 aliphatic carbocycles. The summed E-state index contributed by atoms with van der Waals surface area (Å²) in [5.41, 5.74) is 1.30. The number of thioether (sulfide) groups is 1. The van der Waals surface area contributed by atoms with E-state index in [4.69, 9.17) is 5.84 Å². The number of rotatable bonds is 5. The van der Waals surface area contributed by atoms with Crippen LogP contribution in [0.15, 0.2) is 41.6 Å². The van der Waals surface area contributed by atoms with Gasteiger partial charge in [-0.1, -0.05) is 36.0 Å². The molecule has 28 heavy (non-hydrogen) atoms. The van der Waals surface area contributed by atoms with Crippen molar-refractivity contribution in [2.75, 3.05) is 11.2 Å². The number of amides is 1. The lowest BCUT2D eigenvalue weighted by Crippen LogP contribution is -2.24. The smallest absolute Gasteiger partial charge is 0.237 e. The van der Waals surface area contributed by atoms with Gasteiger partial charge in [0.2, 0.25) is 11.1 Å². The van der Waals surface area contributed by atoms with Crippen LogP contribution in [0.5, 0.6) is 0 Å². The first-order chi connectivity index (χ1) is 13.3. The van der Waals surface area contributed by atoms with Crippen molar-refractivity contribution >= 4 is 23.4 Å². The molecular weight excluding hydrogens is 391 g/mol. The molecule has 3 aromatic rings. The summed E-state index contributed by atoms with van der Waals surface area (Å²) in [6, 6.07) is 9.16. The lowest BCUT2D eigenvalue weighted by Gasteiger charge is -2.12. The van der Waals surface area contributed by atoms with Crippen LogP contribution in [0.2, 0.25) is 0 Å². The summed E-state index contributed by atoms with van der Waals surface area (Å²) < 4.78 is 41.3. The quantitative estimate of drug-likeness (QED) is 0.384. The fourth-order valence-electron chi connectivity index (χ4n) is 2.43. The van der Waals surface area contributed by atoms with Gasteiger partial charge in [0.05, 0.1) is 10.9 Å². The lowest BCUT2D eigenvalue weighted by molar-refractivity contribution is -0.115. The molecule has 6 nitrogen and oxygen atoms in total. The summed E-state index contributed by atoms with van der Waals surface area (Å²) in [7, 11) is 0. The number of hydrogen-bond acceptors (Lipinski definition) is 5. The number of carbonyl (C=O) groups excluding carboxylic acids is 1. The average molecular weight is 407 g/mol. The molecule has 1 aromatic heterocycles. The zero-order valence-electron chi connectivity index (χ0n) is 14.9. The van der Waals surface area contributed by atoms with E-state index < -0.39 is 34.3 Å². The molecule has 10 heteroatoms. The van der Waals surface area contributed by atoms with Crippen LogP contribution >= 0.6 is 11.8 Å². The Morgan fingerprint density at radius 1 is 1.14 bits per heavy atom. The van der Waals surface area contributed by atoms with Gasteiger partial charge in [-0.05, 0) is 31.5 Å². The van der Waals surface area contributed by atoms with Crippen molar-refractivity contribution in [1.82, 2.24) is 14.9 Å². The number of aryl methyl sites for hydroxylation is 1. The number of aromatic nitrogens is 3. The van der Waals surface area contributed by atoms with Gasteiger partial charge in [-0.3, -0.25) is 4.79 Å². The van der Waals surface area contributed by atoms with Crippen molar-refractivity contribution in [3.63, 3.8) is 0 Å². The van der Waals surface area contributed by atoms with Gasteiger partial charge in [0.15, 0.2) is 23.3 Å². The van der Waals surface area contributed by atoms with E-state index in [0.717, 1.165) is 35.0 Å². The number of nitrogens with two attached hydrogens (primary N) is 1. The van der Waals surface area contributed by atoms with Gasteiger partial charge in [0.1, 0.15) is 0 Å². The highest BCUT2D eigenvalue weighted by Gasteiger charge is 2.22. The molecule has 0 unspecified atom stereocenters. The first-order valence-corrected chi connectivity index (χ1v) is 9.05. The Morgan fingerprint density at radius 2 is 1.86 bits per heavy atom. The molecule has 0 fully saturated rings. The fraction of sp³-hybridized carbons (Fsp3) is 0.167. The van der Waals surface area contributed by atoms with Crippen molar-refractivity contribution in [3.8, 4) is 11.4 Å². The fourth-order valence-corrected chi connectivity index (χ4v) is 3.20. The van der Waals surface area contributed by atoms with Gasteiger partial charge in [-0.15, -0.1) is 10.2 Å². The maximum Gasteiger partial charge on any atom is 0.237 e. The van der Waals surface area contributed by atoms with E-state index in [1.807, 2.05) is 31.2 Å². The number of benzene rings is 2. The van der Waals surface area contributed by atoms with Crippen LogP contribution < -0.4 is 11.2 Å². The molecule has 2 aromatic carbocycles. The molecule has 0 radical (unpaired) electrons. The summed E-state index contributed by atoms with van der Waals surface area (Å²) >= 11 is 0.994. The molecule has 0 aliphatic rings. The minimum atomic E-state index is -1.65. The zero-order valence-corrected chi connectivity index (χ0v) is 15.7. The van der Waals surface area contributed by atoms with Gasteiger partial charge in [-0.25, -0.2) is 17.8 Å². The van der Waals surface area contributed by atoms with Crippen LogP contribution in [0.1, 0.15) is 12.5 Å². The summed E-state index contributed by atoms with van der Waals surface area (Å²) in [5.74, 6) is 1.41. The van der Waals surface area contributed by atoms with Gasteiger partial charge in [0, 0.05) is 5.56 Å². The Morgan fingerprint density at radius 3 is 2.57 bits per heavy atom.